The second-order valence-corrected chi connectivity index (χ2v) is 36.0. The molecule has 2 N–H and O–H groups in total. The number of anilines is 2. The van der Waals surface area contributed by atoms with Gasteiger partial charge in [0.2, 0.25) is 48.6 Å². The fourth-order valence-electron chi connectivity index (χ4n) is 16.9. The summed E-state index contributed by atoms with van der Waals surface area (Å²) in [5, 5.41) is 33.7. The molecule has 746 valence electrons. The van der Waals surface area contributed by atoms with E-state index in [2.05, 4.69) is 41.5 Å². The van der Waals surface area contributed by atoms with Gasteiger partial charge in [-0.05, 0) is 143 Å². The highest BCUT2D eigenvalue weighted by molar-refractivity contribution is 9.08. The van der Waals surface area contributed by atoms with Crippen LogP contribution < -0.4 is 29.8 Å². The second kappa shape index (κ2) is 63.5. The van der Waals surface area contributed by atoms with Crippen LogP contribution >= 0.6 is 15.9 Å². The van der Waals surface area contributed by atoms with Gasteiger partial charge in [0.05, 0.1) is 47.3 Å². The molecule has 4 heterocycles. The lowest BCUT2D eigenvalue weighted by molar-refractivity contribution is -0.688. The summed E-state index contributed by atoms with van der Waals surface area (Å²) in [7, 11) is 5.23. The largest absolute Gasteiger partial charge is 0.550 e. The number of hydrogen-bond acceptors (Lipinski definition) is 27. The molecule has 34 heteroatoms. The van der Waals surface area contributed by atoms with Crippen molar-refractivity contribution in [1.82, 2.24) is 14.8 Å². The number of pyridine rings is 2. The number of ether oxygens (including phenoxy) is 10. The summed E-state index contributed by atoms with van der Waals surface area (Å²) in [6.45, 7) is 20.4. The van der Waals surface area contributed by atoms with Crippen molar-refractivity contribution in [2.75, 3.05) is 72.4 Å². The molecule has 0 unspecified atom stereocenters. The van der Waals surface area contributed by atoms with Gasteiger partial charge in [0.15, 0.2) is 31.1 Å². The van der Waals surface area contributed by atoms with Crippen LogP contribution in [0.3, 0.4) is 0 Å². The minimum atomic E-state index is -1.19. The molecular weight excluding hydrogens is 1800 g/mol. The topological polar surface area (TPSA) is 423 Å². The lowest BCUT2D eigenvalue weighted by atomic mass is 9.84. The molecule has 4 fully saturated rings. The van der Waals surface area contributed by atoms with Gasteiger partial charge in [0.25, 0.3) is 0 Å². The Morgan fingerprint density at radius 2 is 0.896 bits per heavy atom. The van der Waals surface area contributed by atoms with Crippen LogP contribution in [0.4, 0.5) is 15.8 Å². The normalized spacial score (nSPS) is 19.6. The minimum absolute atomic E-state index is 0.0683. The summed E-state index contributed by atoms with van der Waals surface area (Å²) in [6.07, 6.45) is 32.4. The van der Waals surface area contributed by atoms with Crippen LogP contribution in [0, 0.1) is 57.4 Å². The number of methoxy groups -OCH3 is 2. The molecule has 4 amide bonds. The number of benzene rings is 2. The fraction of sp³-hybridized carbons (Fsp3) is 0.634. The maximum absolute atomic E-state index is 12.9. The third-order valence-corrected chi connectivity index (χ3v) is 25.1. The smallest absolute Gasteiger partial charge is 0.339 e. The molecule has 32 nitrogen and oxygen atoms in total. The molecule has 2 aromatic carbocycles. The molecule has 2 saturated heterocycles. The van der Waals surface area contributed by atoms with E-state index in [-0.39, 0.29) is 70.1 Å². The number of rotatable bonds is 47. The second-order valence-electron chi connectivity index (χ2n) is 35.5. The Morgan fingerprint density at radius 1 is 0.541 bits per heavy atom. The van der Waals surface area contributed by atoms with E-state index < -0.39 is 74.0 Å². The third-order valence-electron chi connectivity index (χ3n) is 24.4. The number of carbonyl (C=O) groups is 11. The SMILES string of the molecule is CC(=O)OCC1(CN(C)C(=O)CCCCCCCCC(Cc2ccncc2)=NC#N)CCCC1.CC(=O)[O-].CCCC(=O)Nc1cc(CBr)ccc1O[C@@H]1O[C@H](C(=O)OC)[C@@H](OC(C)=O)[C@H](C)[C@H]1C.CCCC(=O)Nc1cc(C[n+]2ccc(CC(CCCCCCCCC(=O)N(C)CC3(COC(C)=O)CCCC3)=NC#N)cc2)ccc1O[C@@H]1O[C@H](C(=O)OC)[C@@H](OC(C)=O)[C@H](C)[C@H]1C.[2H]CF. The summed E-state index contributed by atoms with van der Waals surface area (Å²) in [4.78, 5) is 146. The first-order chi connectivity index (χ1) is 65.0. The molecule has 4 aromatic rings. The van der Waals surface area contributed by atoms with Crippen LogP contribution in [0.25, 0.3) is 0 Å². The maximum atomic E-state index is 12.9. The van der Waals surface area contributed by atoms with Crippen molar-refractivity contribution in [2.24, 2.45) is 44.5 Å². The Morgan fingerprint density at radius 3 is 1.24 bits per heavy atom. The van der Waals surface area contributed by atoms with Crippen molar-refractivity contribution in [2.45, 2.75) is 318 Å². The number of aliphatic imine (C=N–C) groups is 2. The molecule has 0 spiro atoms. The number of hydrogen-bond donors (Lipinski definition) is 2. The average molecular weight is 1950 g/mol. The summed E-state index contributed by atoms with van der Waals surface area (Å²) >= 11 is 3.42. The number of aromatic nitrogens is 2. The number of carboxylic acid groups (broad SMARTS) is 1. The Kier molecular flexibility index (Phi) is 53.9. The molecule has 2 aliphatic heterocycles. The molecule has 4 aliphatic rings. The standard InChI is InChI=1S/C49H69N5O10.C27H40N4O3.C22H30BrNO7.C2H4O2.CH3F/c1-8-17-43(57)52-41-29-39(20-21-42(41)63-48-35(3)34(2)45(62-37(5)56)46(64-48)47(59)60-7)30-54-26-22-38(23-27-54)28-40(51-33-50)18-13-11-9-10-12-14-19-44(58)53(6)31-49(24-15-16-25-49)32-61-36(4)55;1-23(32)34-21-27(15-9-10-16-27)20-31(2)26(33)12-8-6-4-3-5-7-11-25(30-22-28)19-24-13-17-29-18-14-24;1-6-7-18(26)24-16-10-15(11-23)8-9-17(16)30-22-13(3)12(2)19(29-14(4)25)20(31-22)21(27)28-5;1-2(3)4;1-2/h20-23,26-27,29,34-35,45-46,48H,8-19,24-25,28,30-32H2,1-7H3;13-14,17-18H,3-12,15-16,19-21H2,1-2H3;8-10,12-13,19-20,22H,6-7,11H2,1-5H3,(H,24,26);1H3,(H,3,4);1H3/t34-,35-,45+,46+,48-;;12-,13-,19+,20+,22-;;/m1.1../s1/i;;;;1D. The Labute approximate surface area is 806 Å². The van der Waals surface area contributed by atoms with E-state index in [9.17, 15) is 57.6 Å². The molecule has 0 bridgehead atoms. The number of nitriles is 2. The van der Waals surface area contributed by atoms with Crippen molar-refractivity contribution in [3.8, 4) is 23.9 Å². The Balaban J connectivity index is 0.000000449. The lowest BCUT2D eigenvalue weighted by Crippen LogP contribution is -2.55. The predicted octanol–water partition coefficient (Wildman–Crippen LogP) is 15.8. The van der Waals surface area contributed by atoms with Gasteiger partial charge in [-0.1, -0.05) is 141 Å². The van der Waals surface area contributed by atoms with E-state index in [0.717, 1.165) is 188 Å². The molecular formula is C101H146BrFN10O22. The Hall–Kier alpha value is -10.8. The van der Waals surface area contributed by atoms with Crippen molar-refractivity contribution < 1.29 is 116 Å². The van der Waals surface area contributed by atoms with Crippen molar-refractivity contribution in [3.05, 3.63) is 108 Å². The van der Waals surface area contributed by atoms with Crippen molar-refractivity contribution in [3.63, 3.8) is 0 Å². The first kappa shape index (κ1) is 115. The first-order valence-electron chi connectivity index (χ1n) is 47.8. The summed E-state index contributed by atoms with van der Waals surface area (Å²) in [6, 6.07) is 18.9. The quantitative estimate of drug-likeness (QED) is 0.00789. The average Bonchev–Trinajstić information content (AvgIpc) is 1.07. The van der Waals surface area contributed by atoms with Gasteiger partial charge >= 0.3 is 35.8 Å². The van der Waals surface area contributed by atoms with Crippen molar-refractivity contribution in [1.29, 1.82) is 10.5 Å². The highest BCUT2D eigenvalue weighted by Gasteiger charge is 2.51. The van der Waals surface area contributed by atoms with Crippen LogP contribution in [0.5, 0.6) is 11.5 Å². The van der Waals surface area contributed by atoms with Crippen LogP contribution in [0.2, 0.25) is 0 Å². The van der Waals surface area contributed by atoms with Gasteiger partial charge in [0, 0.05) is 181 Å². The zero-order valence-corrected chi connectivity index (χ0v) is 83.4. The molecule has 2 aliphatic carbocycles. The number of nitrogens with zero attached hydrogens (tertiary/aromatic N) is 8. The number of halogens is 2. The van der Waals surface area contributed by atoms with Gasteiger partial charge in [-0.25, -0.2) is 14.2 Å². The molecule has 2 aromatic heterocycles. The zero-order valence-electron chi connectivity index (χ0n) is 82.8. The highest BCUT2D eigenvalue weighted by atomic mass is 79.9. The predicted molar refractivity (Wildman–Crippen MR) is 508 cm³/mol. The number of unbranched alkanes of at least 4 members (excludes halogenated alkanes) is 10. The van der Waals surface area contributed by atoms with Crippen LogP contribution in [-0.2, 0) is 115 Å². The van der Waals surface area contributed by atoms with Crippen LogP contribution in [-0.4, -0.2) is 190 Å². The van der Waals surface area contributed by atoms with Crippen LogP contribution in [0.1, 0.15) is 280 Å². The summed E-state index contributed by atoms with van der Waals surface area (Å²) in [5.74, 6) is -4.21. The van der Waals surface area contributed by atoms with E-state index in [0.29, 0.717) is 106 Å². The van der Waals surface area contributed by atoms with Crippen LogP contribution in [0.15, 0.2) is 95.4 Å². The minimum Gasteiger partial charge on any atom is -0.550 e. The van der Waals surface area contributed by atoms with E-state index >= 15 is 0 Å². The van der Waals surface area contributed by atoms with Crippen molar-refractivity contribution >= 4 is 104 Å². The number of nitrogens with one attached hydrogen (secondary N) is 2. The van der Waals surface area contributed by atoms with E-state index in [1.54, 1.807) is 24.5 Å². The van der Waals surface area contributed by atoms with E-state index in [1.165, 1.54) is 41.9 Å². The van der Waals surface area contributed by atoms with Gasteiger partial charge < -0.3 is 77.7 Å². The number of alkyl halides is 2. The molecule has 2 saturated carbocycles. The summed E-state index contributed by atoms with van der Waals surface area (Å²) < 4.78 is 73.3. The maximum Gasteiger partial charge on any atom is 0.339 e. The van der Waals surface area contributed by atoms with Gasteiger partial charge in [-0.2, -0.15) is 20.5 Å². The lowest BCUT2D eigenvalue weighted by Gasteiger charge is -2.42. The zero-order chi connectivity index (χ0) is 101. The van der Waals surface area contributed by atoms with Gasteiger partial charge in [-0.3, -0.25) is 47.7 Å². The number of aliphatic carboxylic acids is 1. The number of esters is 6. The third kappa shape index (κ3) is 43.0. The monoisotopic (exact) mass is 1950 g/mol. The molecule has 0 radical (unpaired) electrons. The van der Waals surface area contributed by atoms with E-state index in [1.807, 2.05) is 143 Å². The Bertz CT molecular complexity index is 4540. The van der Waals surface area contributed by atoms with E-state index in [4.69, 9.17) is 63.9 Å². The summed E-state index contributed by atoms with van der Waals surface area (Å²) in [5.41, 5.74) is 6.61. The fourth-order valence-corrected chi connectivity index (χ4v) is 17.2. The molecule has 135 heavy (non-hydrogen) atoms. The highest BCUT2D eigenvalue weighted by Crippen LogP contribution is 2.43. The first-order valence-corrected chi connectivity index (χ1v) is 48.2. The number of amides is 4. The number of carbonyl (C=O) groups excluding carboxylic acids is 11. The number of carboxylic acids is 1. The van der Waals surface area contributed by atoms with Gasteiger partial charge in [-0.15, -0.1) is 0 Å². The van der Waals surface area contributed by atoms with Gasteiger partial charge in [0.1, 0.15) is 23.7 Å². The molecule has 8 rings (SSSR count). The molecule has 10 atom stereocenters.